The molecular formula is C17H20N2O4. The van der Waals surface area contributed by atoms with Crippen LogP contribution in [0.2, 0.25) is 0 Å². The molecule has 6 heteroatoms. The minimum Gasteiger partial charge on any atom is -0.468 e. The Morgan fingerprint density at radius 3 is 2.70 bits per heavy atom. The molecule has 1 aromatic carbocycles. The number of fused-ring (bicyclic) bond motifs is 1. The second kappa shape index (κ2) is 5.68. The molecule has 0 saturated carbocycles. The van der Waals surface area contributed by atoms with Crippen LogP contribution in [0.3, 0.4) is 0 Å². The lowest BCUT2D eigenvalue weighted by molar-refractivity contribution is -0.159. The van der Waals surface area contributed by atoms with Gasteiger partial charge in [-0.25, -0.2) is 0 Å². The molecule has 2 aliphatic heterocycles. The molecule has 2 fully saturated rings. The number of carbonyl (C=O) groups excluding carboxylic acids is 3. The Labute approximate surface area is 134 Å². The maximum Gasteiger partial charge on any atom is 0.321 e. The molecular weight excluding hydrogens is 296 g/mol. The number of methoxy groups -OCH3 is 1. The summed E-state index contributed by atoms with van der Waals surface area (Å²) in [7, 11) is 1.30. The molecule has 2 aliphatic rings. The summed E-state index contributed by atoms with van der Waals surface area (Å²) in [5, 5.41) is 2.84. The van der Waals surface area contributed by atoms with Gasteiger partial charge in [-0.05, 0) is 25.3 Å². The Morgan fingerprint density at radius 1 is 1.35 bits per heavy atom. The van der Waals surface area contributed by atoms with Crippen molar-refractivity contribution in [2.24, 2.45) is 5.41 Å². The molecule has 0 spiro atoms. The highest BCUT2D eigenvalue weighted by Crippen LogP contribution is 2.42. The van der Waals surface area contributed by atoms with Gasteiger partial charge in [0.15, 0.2) is 5.41 Å². The highest BCUT2D eigenvalue weighted by atomic mass is 16.5. The van der Waals surface area contributed by atoms with Crippen LogP contribution in [0, 0.1) is 5.41 Å². The third kappa shape index (κ3) is 2.48. The van der Waals surface area contributed by atoms with E-state index in [1.54, 1.807) is 0 Å². The monoisotopic (exact) mass is 316 g/mol. The standard InChI is InChI=1S/C17H20N2O4/c1-11-13-9-17(16(22)23-2,8-12-6-4-3-5-7-12)15(21)19(13)10-14(20)18-11/h3-7,11,13H,8-10H2,1-2H3,(H,18,20)/t11-,13-,17-/m0/s1. The fraction of sp³-hybridized carbons (Fsp3) is 0.471. The molecule has 1 N–H and O–H groups in total. The van der Waals surface area contributed by atoms with E-state index < -0.39 is 11.4 Å². The quantitative estimate of drug-likeness (QED) is 0.651. The van der Waals surface area contributed by atoms with E-state index >= 15 is 0 Å². The van der Waals surface area contributed by atoms with Gasteiger partial charge in [-0.15, -0.1) is 0 Å². The molecule has 0 unspecified atom stereocenters. The first kappa shape index (κ1) is 15.5. The molecule has 2 saturated heterocycles. The highest BCUT2D eigenvalue weighted by Gasteiger charge is 2.59. The third-order valence-electron chi connectivity index (χ3n) is 4.83. The maximum atomic E-state index is 13.0. The van der Waals surface area contributed by atoms with Crippen LogP contribution >= 0.6 is 0 Å². The Hall–Kier alpha value is -2.37. The number of ether oxygens (including phenoxy) is 1. The summed E-state index contributed by atoms with van der Waals surface area (Å²) in [5.41, 5.74) is -0.348. The van der Waals surface area contributed by atoms with Crippen LogP contribution in [-0.2, 0) is 25.5 Å². The van der Waals surface area contributed by atoms with E-state index in [2.05, 4.69) is 5.32 Å². The molecule has 0 radical (unpaired) electrons. The lowest BCUT2D eigenvalue weighted by Crippen LogP contribution is -2.58. The number of esters is 1. The molecule has 3 rings (SSSR count). The lowest BCUT2D eigenvalue weighted by atomic mass is 9.78. The summed E-state index contributed by atoms with van der Waals surface area (Å²) in [6.07, 6.45) is 0.641. The molecule has 6 nitrogen and oxygen atoms in total. The smallest absolute Gasteiger partial charge is 0.321 e. The first-order valence-electron chi connectivity index (χ1n) is 7.71. The van der Waals surface area contributed by atoms with Gasteiger partial charge >= 0.3 is 5.97 Å². The second-order valence-corrected chi connectivity index (χ2v) is 6.30. The van der Waals surface area contributed by atoms with Crippen LogP contribution in [-0.4, -0.2) is 48.4 Å². The van der Waals surface area contributed by atoms with Crippen molar-refractivity contribution >= 4 is 17.8 Å². The van der Waals surface area contributed by atoms with Gasteiger partial charge in [0.05, 0.1) is 19.7 Å². The largest absolute Gasteiger partial charge is 0.468 e. The summed E-state index contributed by atoms with van der Waals surface area (Å²) in [5.74, 6) is -1.03. The van der Waals surface area contributed by atoms with Crippen molar-refractivity contribution in [3.63, 3.8) is 0 Å². The van der Waals surface area contributed by atoms with Crippen LogP contribution in [0.5, 0.6) is 0 Å². The average Bonchev–Trinajstić information content (AvgIpc) is 2.82. The van der Waals surface area contributed by atoms with E-state index in [1.807, 2.05) is 37.3 Å². The predicted molar refractivity (Wildman–Crippen MR) is 82.3 cm³/mol. The zero-order chi connectivity index (χ0) is 16.6. The maximum absolute atomic E-state index is 13.0. The normalized spacial score (nSPS) is 29.9. The Morgan fingerprint density at radius 2 is 2.04 bits per heavy atom. The van der Waals surface area contributed by atoms with Gasteiger partial charge in [-0.2, -0.15) is 0 Å². The van der Waals surface area contributed by atoms with E-state index in [4.69, 9.17) is 4.74 Å². The third-order valence-corrected chi connectivity index (χ3v) is 4.83. The highest BCUT2D eigenvalue weighted by molar-refractivity contribution is 6.06. The van der Waals surface area contributed by atoms with Gasteiger partial charge in [-0.3, -0.25) is 14.4 Å². The van der Waals surface area contributed by atoms with Gasteiger partial charge in [0, 0.05) is 6.04 Å². The number of piperazine rings is 1. The van der Waals surface area contributed by atoms with E-state index in [0.29, 0.717) is 6.42 Å². The topological polar surface area (TPSA) is 75.7 Å². The molecule has 2 amide bonds. The van der Waals surface area contributed by atoms with Gasteiger partial charge in [-0.1, -0.05) is 30.3 Å². The molecule has 122 valence electrons. The Balaban J connectivity index is 1.98. The van der Waals surface area contributed by atoms with Gasteiger partial charge in [0.25, 0.3) is 0 Å². The number of rotatable bonds is 3. The predicted octanol–water partition coefficient (Wildman–Crippen LogP) is 0.508. The minimum absolute atomic E-state index is 0.00136. The van der Waals surface area contributed by atoms with Crippen LogP contribution < -0.4 is 5.32 Å². The van der Waals surface area contributed by atoms with Crippen LogP contribution in [0.4, 0.5) is 0 Å². The Bertz CT molecular complexity index is 645. The molecule has 2 heterocycles. The average molecular weight is 316 g/mol. The van der Waals surface area contributed by atoms with Crippen LogP contribution in [0.25, 0.3) is 0 Å². The van der Waals surface area contributed by atoms with Crippen molar-refractivity contribution in [1.29, 1.82) is 0 Å². The van der Waals surface area contributed by atoms with Crippen molar-refractivity contribution in [2.45, 2.75) is 31.8 Å². The van der Waals surface area contributed by atoms with Crippen molar-refractivity contribution in [3.8, 4) is 0 Å². The van der Waals surface area contributed by atoms with Crippen molar-refractivity contribution in [3.05, 3.63) is 35.9 Å². The molecule has 3 atom stereocenters. The van der Waals surface area contributed by atoms with E-state index in [1.165, 1.54) is 12.0 Å². The number of hydrogen-bond acceptors (Lipinski definition) is 4. The fourth-order valence-corrected chi connectivity index (χ4v) is 3.70. The summed E-state index contributed by atoms with van der Waals surface area (Å²) in [4.78, 5) is 38.8. The first-order valence-corrected chi connectivity index (χ1v) is 7.71. The second-order valence-electron chi connectivity index (χ2n) is 6.30. The van der Waals surface area contributed by atoms with Crippen molar-refractivity contribution in [2.75, 3.05) is 13.7 Å². The number of nitrogens with one attached hydrogen (secondary N) is 1. The summed E-state index contributed by atoms with van der Waals surface area (Å²) >= 11 is 0. The number of benzene rings is 1. The number of amides is 2. The molecule has 23 heavy (non-hydrogen) atoms. The number of carbonyl (C=O) groups is 3. The molecule has 0 aliphatic carbocycles. The first-order chi connectivity index (χ1) is 11.0. The molecule has 0 aromatic heterocycles. The van der Waals surface area contributed by atoms with Crippen molar-refractivity contribution < 1.29 is 19.1 Å². The zero-order valence-electron chi connectivity index (χ0n) is 13.2. The van der Waals surface area contributed by atoms with E-state index in [9.17, 15) is 14.4 Å². The minimum atomic E-state index is -1.25. The van der Waals surface area contributed by atoms with Crippen LogP contribution in [0.15, 0.2) is 30.3 Å². The fourth-order valence-electron chi connectivity index (χ4n) is 3.70. The summed E-state index contributed by atoms with van der Waals surface area (Å²) in [6, 6.07) is 9.07. The van der Waals surface area contributed by atoms with Crippen LogP contribution in [0.1, 0.15) is 18.9 Å². The number of nitrogens with zero attached hydrogens (tertiary/aromatic N) is 1. The van der Waals surface area contributed by atoms with E-state index in [-0.39, 0.29) is 36.9 Å². The lowest BCUT2D eigenvalue weighted by Gasteiger charge is -2.34. The summed E-state index contributed by atoms with van der Waals surface area (Å²) in [6.45, 7) is 1.86. The molecule has 1 aromatic rings. The number of hydrogen-bond donors (Lipinski definition) is 1. The van der Waals surface area contributed by atoms with E-state index in [0.717, 1.165) is 5.56 Å². The van der Waals surface area contributed by atoms with Gasteiger partial charge in [0.1, 0.15) is 0 Å². The zero-order valence-corrected chi connectivity index (χ0v) is 13.2. The SMILES string of the molecule is COC(=O)[C@@]1(Cc2ccccc2)C[C@H]2[C@H](C)NC(=O)CN2C1=O. The summed E-state index contributed by atoms with van der Waals surface area (Å²) < 4.78 is 4.96. The molecule has 0 bridgehead atoms. The van der Waals surface area contributed by atoms with Gasteiger partial charge in [0.2, 0.25) is 11.8 Å². The Kier molecular flexibility index (Phi) is 3.83. The van der Waals surface area contributed by atoms with Crippen molar-refractivity contribution in [1.82, 2.24) is 10.2 Å². The van der Waals surface area contributed by atoms with Gasteiger partial charge < -0.3 is 15.0 Å².